The first-order valence-corrected chi connectivity index (χ1v) is 22.1. The fourth-order valence-corrected chi connectivity index (χ4v) is 5.99. The molecule has 0 aromatic rings. The summed E-state index contributed by atoms with van der Waals surface area (Å²) in [6.45, 7) is -0.443. The van der Waals surface area contributed by atoms with Gasteiger partial charge in [-0.3, -0.25) is 14.1 Å². The lowest BCUT2D eigenvalue weighted by Crippen LogP contribution is -2.29. The van der Waals surface area contributed by atoms with Crippen molar-refractivity contribution in [2.45, 2.75) is 200 Å². The molecule has 0 aromatic heterocycles. The predicted molar refractivity (Wildman–Crippen MR) is 201 cm³/mol. The van der Waals surface area contributed by atoms with E-state index in [0.29, 0.717) is 6.42 Å². The van der Waals surface area contributed by atoms with Crippen molar-refractivity contribution < 1.29 is 33.0 Å². The third-order valence-corrected chi connectivity index (χ3v) is 9.19. The molecular weight excluding hydrogens is 647 g/mol. The van der Waals surface area contributed by atoms with Gasteiger partial charge in [-0.15, -0.1) is 0 Å². The molecule has 7 nitrogen and oxygen atoms in total. The second-order valence-corrected chi connectivity index (χ2v) is 15.7. The van der Waals surface area contributed by atoms with Gasteiger partial charge in [-0.05, 0) is 64.2 Å². The van der Waals surface area contributed by atoms with E-state index in [1.54, 1.807) is 0 Å². The van der Waals surface area contributed by atoms with Crippen LogP contribution in [0.15, 0.2) is 24.3 Å². The van der Waals surface area contributed by atoms with Gasteiger partial charge in [0, 0.05) is 24.1 Å². The van der Waals surface area contributed by atoms with E-state index < -0.39 is 25.6 Å². The Labute approximate surface area is 299 Å². The number of allylic oxidation sites excluding steroid dienone is 4. The molecule has 0 fully saturated rings. The van der Waals surface area contributed by atoms with Crippen molar-refractivity contribution in [3.8, 4) is 0 Å². The van der Waals surface area contributed by atoms with Crippen LogP contribution in [0, 0.1) is 0 Å². The van der Waals surface area contributed by atoms with Crippen LogP contribution >= 0.6 is 18.2 Å². The smallest absolute Gasteiger partial charge is 0.421 e. The van der Waals surface area contributed by atoms with Gasteiger partial charge in [-0.25, -0.2) is 4.57 Å². The average molecular weight is 719 g/mol. The summed E-state index contributed by atoms with van der Waals surface area (Å²) in [5, 5.41) is 0. The molecule has 9 heteroatoms. The van der Waals surface area contributed by atoms with Crippen molar-refractivity contribution in [2.75, 3.05) is 13.2 Å². The second kappa shape index (κ2) is 35.7. The summed E-state index contributed by atoms with van der Waals surface area (Å²) in [6, 6.07) is 0. The van der Waals surface area contributed by atoms with Crippen molar-refractivity contribution in [3.05, 3.63) is 24.3 Å². The van der Waals surface area contributed by atoms with Gasteiger partial charge in [0.2, 0.25) is 0 Å². The van der Waals surface area contributed by atoms with Crippen molar-refractivity contribution in [2.24, 2.45) is 0 Å². The standard InChI is InChI=1S/C39H72ClO7P/c1-3-5-7-9-11-13-15-17-19-21-23-25-27-29-31-33-38(41)45-35-37(36-46-48(40,43)44)47-39(42)34-32-30-28-26-24-22-20-18-16-14-12-10-8-6-4-2/h17-20,37H,3-16,21-36H2,1-2H3,(H,43,44)/b19-17-,20-18-. The topological polar surface area (TPSA) is 99.1 Å². The summed E-state index contributed by atoms with van der Waals surface area (Å²) in [6.07, 6.45) is 39.3. The summed E-state index contributed by atoms with van der Waals surface area (Å²) in [5.74, 6) is -0.833. The van der Waals surface area contributed by atoms with Crippen LogP contribution < -0.4 is 0 Å². The molecule has 0 aliphatic rings. The molecule has 0 spiro atoms. The van der Waals surface area contributed by atoms with E-state index in [4.69, 9.17) is 25.2 Å². The lowest BCUT2D eigenvalue weighted by atomic mass is 10.1. The molecule has 0 radical (unpaired) electrons. The van der Waals surface area contributed by atoms with Crippen LogP contribution in [0.25, 0.3) is 0 Å². The predicted octanol–water partition coefficient (Wildman–Crippen LogP) is 12.9. The molecule has 282 valence electrons. The van der Waals surface area contributed by atoms with Crippen LogP contribution in [0.5, 0.6) is 0 Å². The molecule has 0 heterocycles. The van der Waals surface area contributed by atoms with E-state index in [2.05, 4.69) is 38.2 Å². The van der Waals surface area contributed by atoms with Crippen LogP contribution in [-0.2, 0) is 28.2 Å². The Morgan fingerprint density at radius 2 is 0.917 bits per heavy atom. The highest BCUT2D eigenvalue weighted by Crippen LogP contribution is 2.47. The summed E-state index contributed by atoms with van der Waals surface area (Å²) >= 11 is 5.29. The Kier molecular flexibility index (Phi) is 34.8. The van der Waals surface area contributed by atoms with E-state index in [1.165, 1.54) is 89.9 Å². The van der Waals surface area contributed by atoms with Crippen LogP contribution in [0.4, 0.5) is 0 Å². The zero-order valence-corrected chi connectivity index (χ0v) is 32.5. The highest BCUT2D eigenvalue weighted by atomic mass is 35.7. The molecule has 0 aliphatic heterocycles. The van der Waals surface area contributed by atoms with Crippen molar-refractivity contribution in [3.63, 3.8) is 0 Å². The summed E-state index contributed by atoms with van der Waals surface area (Å²) in [5.41, 5.74) is 0. The monoisotopic (exact) mass is 718 g/mol. The molecular formula is C39H72ClO7P. The highest BCUT2D eigenvalue weighted by molar-refractivity contribution is 7.80. The summed E-state index contributed by atoms with van der Waals surface area (Å²) in [7, 11) is 0. The molecule has 0 saturated heterocycles. The van der Waals surface area contributed by atoms with E-state index in [1.807, 2.05) is 0 Å². The SMILES string of the molecule is CCCCCCCC/C=C\CCCCCCCC(=O)OCC(COP(=O)(O)Cl)OC(=O)CCCCCCC/C=C\CCCCCCCC. The maximum absolute atomic E-state index is 12.4. The first-order chi connectivity index (χ1) is 23.3. The Bertz CT molecular complexity index is 842. The number of unbranched alkanes of at least 4 members (excludes halogenated alkanes) is 22. The Morgan fingerprint density at radius 1 is 0.562 bits per heavy atom. The molecule has 0 saturated carbocycles. The van der Waals surface area contributed by atoms with E-state index in [-0.39, 0.29) is 25.4 Å². The molecule has 0 amide bonds. The van der Waals surface area contributed by atoms with Crippen LogP contribution in [-0.4, -0.2) is 36.1 Å². The number of esters is 2. The lowest BCUT2D eigenvalue weighted by molar-refractivity contribution is -0.161. The molecule has 1 N–H and O–H groups in total. The maximum Gasteiger partial charge on any atom is 0.421 e. The van der Waals surface area contributed by atoms with Crippen LogP contribution in [0.2, 0.25) is 0 Å². The fourth-order valence-electron chi connectivity index (χ4n) is 5.47. The fraction of sp³-hybridized carbons (Fsp3) is 0.846. The zero-order chi connectivity index (χ0) is 35.4. The van der Waals surface area contributed by atoms with Gasteiger partial charge in [-0.1, -0.05) is 141 Å². The second-order valence-electron chi connectivity index (χ2n) is 13.2. The molecule has 0 aromatic carbocycles. The van der Waals surface area contributed by atoms with Gasteiger partial charge in [0.05, 0.1) is 6.61 Å². The maximum atomic E-state index is 12.4. The molecule has 0 rings (SSSR count). The first kappa shape index (κ1) is 46.9. The van der Waals surface area contributed by atoms with Gasteiger partial charge in [0.1, 0.15) is 6.61 Å². The molecule has 2 unspecified atom stereocenters. The molecule has 0 bridgehead atoms. The summed E-state index contributed by atoms with van der Waals surface area (Å²) in [4.78, 5) is 33.9. The number of carbonyl (C=O) groups excluding carboxylic acids is 2. The molecule has 48 heavy (non-hydrogen) atoms. The van der Waals surface area contributed by atoms with Crippen molar-refractivity contribution >= 4 is 30.1 Å². The molecule has 2 atom stereocenters. The lowest BCUT2D eigenvalue weighted by Gasteiger charge is -2.18. The van der Waals surface area contributed by atoms with Gasteiger partial charge in [0.15, 0.2) is 6.10 Å². The Hall–Kier alpha value is -1.14. The average Bonchev–Trinajstić information content (AvgIpc) is 3.05. The third-order valence-electron chi connectivity index (χ3n) is 8.43. The number of halogens is 1. The number of carbonyl (C=O) groups is 2. The van der Waals surface area contributed by atoms with E-state index in [0.717, 1.165) is 70.6 Å². The number of hydrogen-bond acceptors (Lipinski definition) is 6. The van der Waals surface area contributed by atoms with Crippen molar-refractivity contribution in [1.29, 1.82) is 0 Å². The first-order valence-electron chi connectivity index (χ1n) is 19.6. The Morgan fingerprint density at radius 3 is 1.31 bits per heavy atom. The normalized spacial score (nSPS) is 13.7. The quantitative estimate of drug-likeness (QED) is 0.0298. The minimum atomic E-state index is -4.28. The van der Waals surface area contributed by atoms with Gasteiger partial charge >= 0.3 is 18.9 Å². The number of hydrogen-bond donors (Lipinski definition) is 1. The van der Waals surface area contributed by atoms with Gasteiger partial charge in [-0.2, -0.15) is 0 Å². The van der Waals surface area contributed by atoms with E-state index >= 15 is 0 Å². The molecule has 0 aliphatic carbocycles. The van der Waals surface area contributed by atoms with Crippen LogP contribution in [0.3, 0.4) is 0 Å². The largest absolute Gasteiger partial charge is 0.462 e. The zero-order valence-electron chi connectivity index (χ0n) is 30.8. The number of ether oxygens (including phenoxy) is 2. The van der Waals surface area contributed by atoms with Crippen molar-refractivity contribution in [1.82, 2.24) is 0 Å². The minimum Gasteiger partial charge on any atom is -0.462 e. The Balaban J connectivity index is 3.97. The van der Waals surface area contributed by atoms with Gasteiger partial charge in [0.25, 0.3) is 0 Å². The van der Waals surface area contributed by atoms with Crippen LogP contribution in [0.1, 0.15) is 194 Å². The highest BCUT2D eigenvalue weighted by Gasteiger charge is 2.22. The van der Waals surface area contributed by atoms with E-state index in [9.17, 15) is 19.0 Å². The summed E-state index contributed by atoms with van der Waals surface area (Å²) < 4.78 is 26.8. The third kappa shape index (κ3) is 37.7. The minimum absolute atomic E-state index is 0.231. The van der Waals surface area contributed by atoms with Gasteiger partial charge < -0.3 is 14.4 Å². The number of rotatable bonds is 36.